The summed E-state index contributed by atoms with van der Waals surface area (Å²) in [6, 6.07) is 10.1. The van der Waals surface area contributed by atoms with Crippen LogP contribution in [-0.2, 0) is 4.79 Å². The summed E-state index contributed by atoms with van der Waals surface area (Å²) in [5.41, 5.74) is 0.633. The van der Waals surface area contributed by atoms with Crippen molar-refractivity contribution < 1.29 is 22.8 Å². The number of hydrogen-bond acceptors (Lipinski definition) is 5. The summed E-state index contributed by atoms with van der Waals surface area (Å²) in [7, 11) is 1.57. The lowest BCUT2D eigenvalue weighted by Gasteiger charge is -2.16. The van der Waals surface area contributed by atoms with E-state index in [1.54, 1.807) is 36.3 Å². The maximum atomic E-state index is 13.9. The maximum absolute atomic E-state index is 13.9. The first-order valence-corrected chi connectivity index (χ1v) is 8.28. The second kappa shape index (κ2) is 6.79. The van der Waals surface area contributed by atoms with Crippen LogP contribution in [0.25, 0.3) is 11.5 Å². The van der Waals surface area contributed by atoms with Crippen molar-refractivity contribution in [2.75, 3.05) is 18.6 Å². The van der Waals surface area contributed by atoms with Crippen LogP contribution in [0.5, 0.6) is 5.75 Å². The monoisotopic (exact) mass is 371 g/mol. The quantitative estimate of drug-likeness (QED) is 0.702. The van der Waals surface area contributed by atoms with Crippen molar-refractivity contribution in [1.29, 1.82) is 0 Å². The van der Waals surface area contributed by atoms with E-state index < -0.39 is 11.6 Å². The molecule has 27 heavy (non-hydrogen) atoms. The summed E-state index contributed by atoms with van der Waals surface area (Å²) >= 11 is 0. The molecule has 0 saturated carbocycles. The van der Waals surface area contributed by atoms with Gasteiger partial charge < -0.3 is 14.2 Å². The highest BCUT2D eigenvalue weighted by Crippen LogP contribution is 2.32. The van der Waals surface area contributed by atoms with Gasteiger partial charge in [-0.1, -0.05) is 5.16 Å². The molecule has 0 aliphatic carbocycles. The Morgan fingerprint density at radius 3 is 2.70 bits per heavy atom. The SMILES string of the molecule is COc1ccc(N2CC(c3noc(-c4cc(F)ccc4F)n3)CC2=O)cc1. The van der Waals surface area contributed by atoms with Crippen LogP contribution in [0.2, 0.25) is 0 Å². The first kappa shape index (κ1) is 17.1. The highest BCUT2D eigenvalue weighted by Gasteiger charge is 2.34. The fourth-order valence-corrected chi connectivity index (χ4v) is 3.06. The van der Waals surface area contributed by atoms with Gasteiger partial charge in [0.25, 0.3) is 5.89 Å². The van der Waals surface area contributed by atoms with Crippen molar-refractivity contribution in [2.45, 2.75) is 12.3 Å². The Labute approximate surface area is 153 Å². The van der Waals surface area contributed by atoms with Gasteiger partial charge in [-0.15, -0.1) is 0 Å². The van der Waals surface area contributed by atoms with Gasteiger partial charge in [0, 0.05) is 24.6 Å². The van der Waals surface area contributed by atoms with Crippen molar-refractivity contribution in [1.82, 2.24) is 10.1 Å². The lowest BCUT2D eigenvalue weighted by Crippen LogP contribution is -2.24. The lowest BCUT2D eigenvalue weighted by atomic mass is 10.1. The van der Waals surface area contributed by atoms with Crippen LogP contribution in [0.4, 0.5) is 14.5 Å². The van der Waals surface area contributed by atoms with Crippen LogP contribution in [0, 0.1) is 11.6 Å². The first-order valence-electron chi connectivity index (χ1n) is 8.28. The number of nitrogens with zero attached hydrogens (tertiary/aromatic N) is 3. The van der Waals surface area contributed by atoms with Gasteiger partial charge in [-0.05, 0) is 42.5 Å². The highest BCUT2D eigenvalue weighted by atomic mass is 19.1. The van der Waals surface area contributed by atoms with Crippen LogP contribution in [-0.4, -0.2) is 29.7 Å². The molecule has 1 aliphatic rings. The Morgan fingerprint density at radius 1 is 1.19 bits per heavy atom. The van der Waals surface area contributed by atoms with Crippen molar-refractivity contribution in [2.24, 2.45) is 0 Å². The largest absolute Gasteiger partial charge is 0.497 e. The third-order valence-corrected chi connectivity index (χ3v) is 4.47. The molecule has 1 fully saturated rings. The molecule has 0 radical (unpaired) electrons. The Kier molecular flexibility index (Phi) is 4.31. The average Bonchev–Trinajstić information content (AvgIpc) is 3.31. The number of aromatic nitrogens is 2. The molecule has 1 aromatic heterocycles. The number of ether oxygens (including phenoxy) is 1. The van der Waals surface area contributed by atoms with Gasteiger partial charge in [0.2, 0.25) is 5.91 Å². The van der Waals surface area contributed by atoms with Crippen molar-refractivity contribution in [3.05, 3.63) is 59.9 Å². The standard InChI is InChI=1S/C19H15F2N3O3/c1-26-14-5-3-13(4-6-14)24-10-11(8-17(24)25)18-22-19(27-23-18)15-9-12(20)2-7-16(15)21/h2-7,9,11H,8,10H2,1H3. The molecule has 4 rings (SSSR count). The van der Waals surface area contributed by atoms with E-state index in [0.29, 0.717) is 12.3 Å². The van der Waals surface area contributed by atoms with E-state index in [2.05, 4.69) is 10.1 Å². The molecule has 3 aromatic rings. The molecule has 2 heterocycles. The number of anilines is 1. The summed E-state index contributed by atoms with van der Waals surface area (Å²) in [4.78, 5) is 18.2. The zero-order valence-electron chi connectivity index (χ0n) is 14.4. The number of carbonyl (C=O) groups excluding carboxylic acids is 1. The topological polar surface area (TPSA) is 68.5 Å². The first-order chi connectivity index (χ1) is 13.0. The summed E-state index contributed by atoms with van der Waals surface area (Å²) in [6.45, 7) is 0.371. The van der Waals surface area contributed by atoms with Crippen LogP contribution in [0.15, 0.2) is 47.0 Å². The molecule has 0 bridgehead atoms. The Hall–Kier alpha value is -3.29. The number of methoxy groups -OCH3 is 1. The van der Waals surface area contributed by atoms with E-state index in [4.69, 9.17) is 9.26 Å². The molecule has 8 heteroatoms. The van der Waals surface area contributed by atoms with Crippen LogP contribution < -0.4 is 9.64 Å². The molecular formula is C19H15F2N3O3. The number of amides is 1. The maximum Gasteiger partial charge on any atom is 0.261 e. The van der Waals surface area contributed by atoms with E-state index in [9.17, 15) is 13.6 Å². The Balaban J connectivity index is 1.56. The molecule has 6 nitrogen and oxygen atoms in total. The van der Waals surface area contributed by atoms with E-state index in [1.807, 2.05) is 0 Å². The molecule has 1 unspecified atom stereocenters. The van der Waals surface area contributed by atoms with E-state index >= 15 is 0 Å². The normalized spacial score (nSPS) is 16.8. The zero-order valence-corrected chi connectivity index (χ0v) is 14.4. The van der Waals surface area contributed by atoms with Gasteiger partial charge in [-0.25, -0.2) is 8.78 Å². The zero-order chi connectivity index (χ0) is 19.0. The van der Waals surface area contributed by atoms with Gasteiger partial charge in [0.05, 0.1) is 12.7 Å². The molecule has 1 aliphatic heterocycles. The second-order valence-corrected chi connectivity index (χ2v) is 6.19. The minimum absolute atomic E-state index is 0.0755. The Bertz CT molecular complexity index is 988. The summed E-state index contributed by atoms with van der Waals surface area (Å²) in [6.07, 6.45) is 0.205. The number of hydrogen-bond donors (Lipinski definition) is 0. The van der Waals surface area contributed by atoms with Gasteiger partial charge >= 0.3 is 0 Å². The number of halogens is 2. The van der Waals surface area contributed by atoms with E-state index in [1.165, 1.54) is 0 Å². The van der Waals surface area contributed by atoms with Gasteiger partial charge in [0.1, 0.15) is 17.4 Å². The Morgan fingerprint density at radius 2 is 1.96 bits per heavy atom. The average molecular weight is 371 g/mol. The minimum Gasteiger partial charge on any atom is -0.497 e. The fourth-order valence-electron chi connectivity index (χ4n) is 3.06. The summed E-state index contributed by atoms with van der Waals surface area (Å²) in [5.74, 6) is -0.763. The minimum atomic E-state index is -0.658. The molecule has 2 aromatic carbocycles. The molecule has 1 atom stereocenters. The lowest BCUT2D eigenvalue weighted by molar-refractivity contribution is -0.117. The highest BCUT2D eigenvalue weighted by molar-refractivity contribution is 5.96. The second-order valence-electron chi connectivity index (χ2n) is 6.19. The van der Waals surface area contributed by atoms with Gasteiger partial charge in [-0.2, -0.15) is 4.98 Å². The van der Waals surface area contributed by atoms with E-state index in [0.717, 1.165) is 23.9 Å². The van der Waals surface area contributed by atoms with Crippen molar-refractivity contribution >= 4 is 11.6 Å². The molecule has 0 N–H and O–H groups in total. The van der Waals surface area contributed by atoms with Crippen molar-refractivity contribution in [3.8, 4) is 17.2 Å². The summed E-state index contributed by atoms with van der Waals surface area (Å²) in [5, 5.41) is 3.86. The molecule has 1 amide bonds. The van der Waals surface area contributed by atoms with Crippen molar-refractivity contribution in [3.63, 3.8) is 0 Å². The van der Waals surface area contributed by atoms with E-state index in [-0.39, 0.29) is 35.5 Å². The predicted molar refractivity (Wildman–Crippen MR) is 92.4 cm³/mol. The third-order valence-electron chi connectivity index (χ3n) is 4.47. The molecule has 0 spiro atoms. The number of benzene rings is 2. The number of carbonyl (C=O) groups is 1. The third kappa shape index (κ3) is 3.25. The summed E-state index contributed by atoms with van der Waals surface area (Å²) < 4.78 is 37.5. The molecule has 1 saturated heterocycles. The van der Waals surface area contributed by atoms with Crippen LogP contribution in [0.3, 0.4) is 0 Å². The van der Waals surface area contributed by atoms with Gasteiger partial charge in [-0.3, -0.25) is 4.79 Å². The molecular weight excluding hydrogens is 356 g/mol. The predicted octanol–water partition coefficient (Wildman–Crippen LogP) is 3.54. The van der Waals surface area contributed by atoms with Gasteiger partial charge in [0.15, 0.2) is 5.82 Å². The molecule has 138 valence electrons. The van der Waals surface area contributed by atoms with Crippen LogP contribution in [0.1, 0.15) is 18.2 Å². The fraction of sp³-hybridized carbons (Fsp3) is 0.211. The van der Waals surface area contributed by atoms with Crippen LogP contribution >= 0.6 is 0 Å². The smallest absolute Gasteiger partial charge is 0.261 e. The number of rotatable bonds is 4.